The number of aryl methyl sites for hydroxylation is 1. The Labute approximate surface area is 184 Å². The van der Waals surface area contributed by atoms with Crippen LogP contribution in [0.3, 0.4) is 0 Å². The highest BCUT2D eigenvalue weighted by atomic mass is 32.2. The number of rotatable bonds is 4. The molecule has 0 aliphatic carbocycles. The molecule has 0 bridgehead atoms. The van der Waals surface area contributed by atoms with Crippen molar-refractivity contribution in [1.29, 1.82) is 0 Å². The first-order chi connectivity index (χ1) is 14.9. The van der Waals surface area contributed by atoms with E-state index >= 15 is 0 Å². The highest BCUT2D eigenvalue weighted by molar-refractivity contribution is 7.90. The number of anilines is 2. The Kier molecular flexibility index (Phi) is 4.72. The van der Waals surface area contributed by atoms with E-state index in [4.69, 9.17) is 0 Å². The molecule has 3 aromatic carbocycles. The van der Waals surface area contributed by atoms with Crippen LogP contribution in [0.15, 0.2) is 77.3 Å². The second-order valence-electron chi connectivity index (χ2n) is 7.47. The summed E-state index contributed by atoms with van der Waals surface area (Å²) in [5.41, 5.74) is 6.05. The molecule has 0 saturated carbocycles. The molecule has 0 atom stereocenters. The van der Waals surface area contributed by atoms with Gasteiger partial charge in [0.15, 0.2) is 9.84 Å². The first-order valence-electron chi connectivity index (χ1n) is 9.69. The Morgan fingerprint density at radius 3 is 2.61 bits per heavy atom. The molecule has 7 heteroatoms. The molecule has 0 amide bonds. The molecule has 154 valence electrons. The molecular formula is C24H19N3O2S2. The van der Waals surface area contributed by atoms with Crippen molar-refractivity contribution in [3.8, 4) is 11.1 Å². The van der Waals surface area contributed by atoms with Gasteiger partial charge in [0.2, 0.25) is 0 Å². The predicted molar refractivity (Wildman–Crippen MR) is 128 cm³/mol. The second kappa shape index (κ2) is 7.44. The van der Waals surface area contributed by atoms with E-state index < -0.39 is 9.84 Å². The minimum atomic E-state index is -3.37. The van der Waals surface area contributed by atoms with Crippen LogP contribution in [-0.2, 0) is 9.84 Å². The van der Waals surface area contributed by atoms with Crippen LogP contribution in [0.4, 0.5) is 11.4 Å². The molecule has 2 aromatic heterocycles. The second-order valence-corrected chi connectivity index (χ2v) is 10.4. The van der Waals surface area contributed by atoms with E-state index in [1.165, 1.54) is 21.9 Å². The first-order valence-corrected chi connectivity index (χ1v) is 12.5. The van der Waals surface area contributed by atoms with E-state index in [1.807, 2.05) is 18.2 Å². The molecule has 1 N–H and O–H groups in total. The maximum atomic E-state index is 12.2. The maximum Gasteiger partial charge on any atom is 0.177 e. The summed E-state index contributed by atoms with van der Waals surface area (Å²) < 4.78 is 25.7. The van der Waals surface area contributed by atoms with Gasteiger partial charge in [0.1, 0.15) is 0 Å². The lowest BCUT2D eigenvalue weighted by Crippen LogP contribution is -2.03. The van der Waals surface area contributed by atoms with Crippen molar-refractivity contribution >= 4 is 53.7 Å². The molecule has 31 heavy (non-hydrogen) atoms. The smallest absolute Gasteiger partial charge is 0.177 e. The molecule has 0 aliphatic rings. The third kappa shape index (κ3) is 3.66. The van der Waals surface area contributed by atoms with Crippen LogP contribution in [-0.4, -0.2) is 24.6 Å². The van der Waals surface area contributed by atoms with Crippen LogP contribution in [0.2, 0.25) is 0 Å². The van der Waals surface area contributed by atoms with Gasteiger partial charge in [0.05, 0.1) is 21.6 Å². The highest BCUT2D eigenvalue weighted by Gasteiger charge is 2.15. The minimum Gasteiger partial charge on any atom is -0.354 e. The number of hydrogen-bond donors (Lipinski definition) is 1. The number of thiophene rings is 1. The van der Waals surface area contributed by atoms with Crippen molar-refractivity contribution in [3.05, 3.63) is 77.9 Å². The number of para-hydroxylation sites is 1. The van der Waals surface area contributed by atoms with Gasteiger partial charge in [-0.15, -0.1) is 11.3 Å². The maximum absolute atomic E-state index is 12.2. The Balaban J connectivity index is 1.69. The fourth-order valence-corrected chi connectivity index (χ4v) is 5.51. The van der Waals surface area contributed by atoms with Gasteiger partial charge in [0, 0.05) is 34.6 Å². The third-order valence-corrected chi connectivity index (χ3v) is 7.45. The molecule has 0 fully saturated rings. The molecule has 5 aromatic rings. The number of aromatic nitrogens is 2. The molecular weight excluding hydrogens is 426 g/mol. The van der Waals surface area contributed by atoms with Crippen molar-refractivity contribution < 1.29 is 8.42 Å². The van der Waals surface area contributed by atoms with Gasteiger partial charge < -0.3 is 5.32 Å². The van der Waals surface area contributed by atoms with Crippen molar-refractivity contribution in [1.82, 2.24) is 9.97 Å². The quantitative estimate of drug-likeness (QED) is 0.369. The molecule has 0 unspecified atom stereocenters. The zero-order valence-corrected chi connectivity index (χ0v) is 18.6. The number of sulfone groups is 1. The summed E-state index contributed by atoms with van der Waals surface area (Å²) in [4.78, 5) is 9.32. The monoisotopic (exact) mass is 445 g/mol. The van der Waals surface area contributed by atoms with Crippen molar-refractivity contribution in [2.24, 2.45) is 0 Å². The van der Waals surface area contributed by atoms with E-state index in [0.717, 1.165) is 27.8 Å². The summed E-state index contributed by atoms with van der Waals surface area (Å²) in [6.07, 6.45) is 4.56. The summed E-state index contributed by atoms with van der Waals surface area (Å²) >= 11 is 1.73. The molecule has 0 radical (unpaired) electrons. The largest absolute Gasteiger partial charge is 0.354 e. The molecule has 5 nitrogen and oxygen atoms in total. The average molecular weight is 446 g/mol. The molecule has 0 aliphatic heterocycles. The van der Waals surface area contributed by atoms with Crippen molar-refractivity contribution in [2.45, 2.75) is 11.8 Å². The molecule has 0 spiro atoms. The van der Waals surface area contributed by atoms with Crippen LogP contribution in [0.5, 0.6) is 0 Å². The third-order valence-electron chi connectivity index (χ3n) is 5.22. The van der Waals surface area contributed by atoms with Gasteiger partial charge in [0.25, 0.3) is 0 Å². The SMILES string of the molecule is Cc1csc2ccc(-c3cc(Nc4ccccc4S(C)(=O)=O)cc4nccnc34)cc12. The number of benzene rings is 3. The Morgan fingerprint density at radius 2 is 1.77 bits per heavy atom. The minimum absolute atomic E-state index is 0.256. The number of nitrogens with zero attached hydrogens (tertiary/aromatic N) is 2. The lowest BCUT2D eigenvalue weighted by Gasteiger charge is -2.14. The van der Waals surface area contributed by atoms with Crippen LogP contribution < -0.4 is 5.32 Å². The Morgan fingerprint density at radius 1 is 0.968 bits per heavy atom. The van der Waals surface area contributed by atoms with E-state index in [9.17, 15) is 8.42 Å². The van der Waals surface area contributed by atoms with Crippen LogP contribution in [0, 0.1) is 6.92 Å². The Hall–Kier alpha value is -3.29. The van der Waals surface area contributed by atoms with Crippen LogP contribution in [0.1, 0.15) is 5.56 Å². The average Bonchev–Trinajstić information content (AvgIpc) is 3.13. The summed E-state index contributed by atoms with van der Waals surface area (Å²) in [6, 6.07) is 17.2. The van der Waals surface area contributed by atoms with E-state index in [0.29, 0.717) is 5.69 Å². The normalized spacial score (nSPS) is 11.8. The fraction of sp³-hybridized carbons (Fsp3) is 0.0833. The highest BCUT2D eigenvalue weighted by Crippen LogP contribution is 2.35. The summed E-state index contributed by atoms with van der Waals surface area (Å²) in [6.45, 7) is 2.11. The van der Waals surface area contributed by atoms with Gasteiger partial charge >= 0.3 is 0 Å². The summed E-state index contributed by atoms with van der Waals surface area (Å²) in [5.74, 6) is 0. The number of nitrogens with one attached hydrogen (secondary N) is 1. The summed E-state index contributed by atoms with van der Waals surface area (Å²) in [7, 11) is -3.37. The van der Waals surface area contributed by atoms with Crippen molar-refractivity contribution in [2.75, 3.05) is 11.6 Å². The van der Waals surface area contributed by atoms with Gasteiger partial charge in [-0.1, -0.05) is 18.2 Å². The van der Waals surface area contributed by atoms with Gasteiger partial charge in [-0.2, -0.15) is 0 Å². The molecule has 2 heterocycles. The van der Waals surface area contributed by atoms with Gasteiger partial charge in [-0.05, 0) is 65.2 Å². The molecule has 5 rings (SSSR count). The van der Waals surface area contributed by atoms with E-state index in [-0.39, 0.29) is 4.90 Å². The van der Waals surface area contributed by atoms with Crippen molar-refractivity contribution in [3.63, 3.8) is 0 Å². The number of fused-ring (bicyclic) bond motifs is 2. The van der Waals surface area contributed by atoms with Gasteiger partial charge in [-0.3, -0.25) is 9.97 Å². The summed E-state index contributed by atoms with van der Waals surface area (Å²) in [5, 5.41) is 6.66. The number of hydrogen-bond acceptors (Lipinski definition) is 6. The lowest BCUT2D eigenvalue weighted by atomic mass is 10.0. The zero-order valence-electron chi connectivity index (χ0n) is 17.0. The predicted octanol–water partition coefficient (Wildman–Crippen LogP) is 5.97. The Bertz CT molecular complexity index is 1560. The standard InChI is InChI=1S/C24H19N3O2S2/c1-15-14-30-22-8-7-16(11-18(15)22)19-12-17(13-21-24(19)26-10-9-25-21)27-20-5-3-4-6-23(20)31(2,28)29/h3-14,27H,1-2H3. The fourth-order valence-electron chi connectivity index (χ4n) is 3.74. The lowest BCUT2D eigenvalue weighted by molar-refractivity contribution is 0.602. The van der Waals surface area contributed by atoms with Gasteiger partial charge in [-0.25, -0.2) is 8.42 Å². The van der Waals surface area contributed by atoms with E-state index in [2.05, 4.69) is 45.8 Å². The first kappa shape index (κ1) is 19.7. The zero-order chi connectivity index (χ0) is 21.6. The van der Waals surface area contributed by atoms with E-state index in [1.54, 1.807) is 41.9 Å². The topological polar surface area (TPSA) is 72.0 Å². The molecule has 0 saturated heterocycles. The van der Waals surface area contributed by atoms with Crippen LogP contribution in [0.25, 0.3) is 32.2 Å². The van der Waals surface area contributed by atoms with Crippen LogP contribution >= 0.6 is 11.3 Å².